The van der Waals surface area contributed by atoms with E-state index in [1.54, 1.807) is 9.96 Å². The zero-order chi connectivity index (χ0) is 23.9. The summed E-state index contributed by atoms with van der Waals surface area (Å²) in [5, 5.41) is 7.88. The van der Waals surface area contributed by atoms with E-state index in [1.807, 2.05) is 57.4 Å². The largest absolute Gasteiger partial charge is 0.492 e. The molecule has 1 unspecified atom stereocenters. The van der Waals surface area contributed by atoms with Gasteiger partial charge in [0.05, 0.1) is 5.55 Å². The summed E-state index contributed by atoms with van der Waals surface area (Å²) in [6.45, 7) is 3.37. The molecule has 2 N–H and O–H groups in total. The van der Waals surface area contributed by atoms with E-state index in [0.717, 1.165) is 22.1 Å². The quantitative estimate of drug-likeness (QED) is 0.389. The van der Waals surface area contributed by atoms with E-state index in [9.17, 15) is 4.79 Å². The van der Waals surface area contributed by atoms with Gasteiger partial charge in [-0.2, -0.15) is 5.10 Å². The van der Waals surface area contributed by atoms with Crippen molar-refractivity contribution in [3.63, 3.8) is 0 Å². The molecular formula is C21H24N8O2S3. The number of hydrogen-bond acceptors (Lipinski definition) is 11. The third kappa shape index (κ3) is 6.73. The van der Waals surface area contributed by atoms with Gasteiger partial charge < -0.3 is 9.64 Å². The second-order valence-electron chi connectivity index (χ2n) is 7.37. The molecule has 0 aliphatic carbocycles. The van der Waals surface area contributed by atoms with E-state index in [1.165, 1.54) is 41.8 Å². The maximum absolute atomic E-state index is 13.2. The zero-order valence-electron chi connectivity index (χ0n) is 18.8. The van der Waals surface area contributed by atoms with Crippen molar-refractivity contribution in [3.8, 4) is 5.75 Å². The van der Waals surface area contributed by atoms with Gasteiger partial charge in [0.2, 0.25) is 0 Å². The molecule has 178 valence electrons. The van der Waals surface area contributed by atoms with Crippen LogP contribution in [0.5, 0.6) is 5.75 Å². The van der Waals surface area contributed by atoms with Crippen molar-refractivity contribution in [2.24, 2.45) is 4.99 Å². The Balaban J connectivity index is 1.51. The van der Waals surface area contributed by atoms with Gasteiger partial charge in [-0.15, -0.1) is 4.41 Å². The summed E-state index contributed by atoms with van der Waals surface area (Å²) >= 11 is 4.10. The van der Waals surface area contributed by atoms with Crippen LogP contribution in [0.4, 0.5) is 0 Å². The topological polar surface area (TPSA) is 112 Å². The first-order chi connectivity index (χ1) is 16.5. The minimum atomic E-state index is -0.309. The number of amides is 1. The average Bonchev–Trinajstić information content (AvgIpc) is 3.47. The van der Waals surface area contributed by atoms with Gasteiger partial charge in [0, 0.05) is 16.3 Å². The molecule has 0 saturated heterocycles. The van der Waals surface area contributed by atoms with Gasteiger partial charge in [-0.25, -0.2) is 9.97 Å². The van der Waals surface area contributed by atoms with Gasteiger partial charge >= 0.3 is 0 Å². The molecule has 1 aromatic carbocycles. The number of rotatable bonds is 10. The molecule has 1 amide bonds. The summed E-state index contributed by atoms with van der Waals surface area (Å²) in [4.78, 5) is 29.9. The number of H-pyrrole nitrogens is 1. The molecule has 0 radical (unpaired) electrons. The fourth-order valence-electron chi connectivity index (χ4n) is 2.74. The van der Waals surface area contributed by atoms with Crippen LogP contribution in [-0.4, -0.2) is 74.3 Å². The number of aromatic amines is 1. The van der Waals surface area contributed by atoms with E-state index >= 15 is 0 Å². The number of pyridine rings is 1. The Labute approximate surface area is 210 Å². The lowest BCUT2D eigenvalue weighted by Gasteiger charge is -2.19. The Hall–Kier alpha value is -2.58. The molecule has 13 heteroatoms. The van der Waals surface area contributed by atoms with Gasteiger partial charge in [0.25, 0.3) is 5.91 Å². The van der Waals surface area contributed by atoms with E-state index in [4.69, 9.17) is 4.74 Å². The Morgan fingerprint density at radius 3 is 2.74 bits per heavy atom. The number of carbonyl (C=O) groups is 1. The minimum Gasteiger partial charge on any atom is -0.492 e. The second-order valence-corrected chi connectivity index (χ2v) is 10.3. The number of nitrogens with zero attached hydrogens (tertiary/aromatic N) is 6. The van der Waals surface area contributed by atoms with Crippen LogP contribution in [0.25, 0.3) is 0 Å². The zero-order valence-corrected chi connectivity index (χ0v) is 21.3. The van der Waals surface area contributed by atoms with E-state index in [0.29, 0.717) is 22.5 Å². The van der Waals surface area contributed by atoms with Gasteiger partial charge in [-0.1, -0.05) is 11.8 Å². The summed E-state index contributed by atoms with van der Waals surface area (Å²) in [7, 11) is 4.02. The number of hydrogen-bond donors (Lipinski definition) is 2. The highest BCUT2D eigenvalue weighted by molar-refractivity contribution is 8.10. The minimum absolute atomic E-state index is 0.156. The summed E-state index contributed by atoms with van der Waals surface area (Å²) in [5.74, 6) is 0.497. The van der Waals surface area contributed by atoms with Crippen molar-refractivity contribution in [2.45, 2.75) is 33.1 Å². The van der Waals surface area contributed by atoms with Crippen LogP contribution in [0, 0.1) is 0 Å². The van der Waals surface area contributed by atoms with Crippen molar-refractivity contribution in [1.29, 1.82) is 0 Å². The monoisotopic (exact) mass is 516 g/mol. The van der Waals surface area contributed by atoms with Crippen molar-refractivity contribution < 1.29 is 9.53 Å². The molecule has 1 aliphatic rings. The first-order valence-corrected chi connectivity index (χ1v) is 12.8. The third-order valence-electron chi connectivity index (χ3n) is 4.49. The normalized spacial score (nSPS) is 15.7. The van der Waals surface area contributed by atoms with Crippen LogP contribution in [0.1, 0.15) is 17.4 Å². The molecule has 0 spiro atoms. The van der Waals surface area contributed by atoms with Crippen LogP contribution in [0.15, 0.2) is 67.7 Å². The standard InChI is InChI=1S/C21H24N8O2S3/c1-14-23-13-32-29(14)27-20(30)19-17(8-9-18(25-19)34-21-22-12-24-26-21)33-16-6-4-15(5-7-16)31-11-10-28(2)3/h4-9,12-14H,10-11H2,1-3H3,(H,27,30)(H,22,24,26). The van der Waals surface area contributed by atoms with Crippen molar-refractivity contribution in [3.05, 3.63) is 48.4 Å². The van der Waals surface area contributed by atoms with Gasteiger partial charge in [0.1, 0.15) is 35.6 Å². The van der Waals surface area contributed by atoms with Crippen LogP contribution >= 0.6 is 35.5 Å². The predicted octanol–water partition coefficient (Wildman–Crippen LogP) is 3.43. The highest BCUT2D eigenvalue weighted by atomic mass is 32.2. The number of likely N-dealkylation sites (N-methyl/N-ethyl adjacent to an activating group) is 1. The summed E-state index contributed by atoms with van der Waals surface area (Å²) in [6.07, 6.45) is 1.27. The lowest BCUT2D eigenvalue weighted by atomic mass is 10.3. The first kappa shape index (κ1) is 24.5. The van der Waals surface area contributed by atoms with Crippen molar-refractivity contribution in [2.75, 3.05) is 27.2 Å². The number of carbonyl (C=O) groups excluding carboxylic acids is 1. The average molecular weight is 517 g/mol. The highest BCUT2D eigenvalue weighted by Gasteiger charge is 2.23. The van der Waals surface area contributed by atoms with Crippen LogP contribution in [-0.2, 0) is 0 Å². The molecule has 0 bridgehead atoms. The number of benzene rings is 1. The molecule has 2 aromatic heterocycles. The smallest absolute Gasteiger partial charge is 0.286 e. The summed E-state index contributed by atoms with van der Waals surface area (Å²) in [6, 6.07) is 11.6. The number of hydrazine groups is 1. The number of aliphatic imine (C=N–C) groups is 1. The number of ether oxygens (including phenoxy) is 1. The van der Waals surface area contributed by atoms with E-state index < -0.39 is 0 Å². The lowest BCUT2D eigenvalue weighted by molar-refractivity contribution is 0.0861. The maximum atomic E-state index is 13.2. The Morgan fingerprint density at radius 1 is 1.24 bits per heavy atom. The number of aromatic nitrogens is 4. The molecule has 3 aromatic rings. The molecule has 4 rings (SSSR count). The van der Waals surface area contributed by atoms with Gasteiger partial charge in [0.15, 0.2) is 5.16 Å². The van der Waals surface area contributed by atoms with Crippen LogP contribution in [0.3, 0.4) is 0 Å². The number of nitrogens with one attached hydrogen (secondary N) is 2. The van der Waals surface area contributed by atoms with Crippen LogP contribution < -0.4 is 10.2 Å². The van der Waals surface area contributed by atoms with Gasteiger partial charge in [-0.3, -0.25) is 20.3 Å². The lowest BCUT2D eigenvalue weighted by Crippen LogP contribution is -2.40. The predicted molar refractivity (Wildman–Crippen MR) is 134 cm³/mol. The molecule has 10 nitrogen and oxygen atoms in total. The fraction of sp³-hybridized carbons (Fsp3) is 0.286. The van der Waals surface area contributed by atoms with Crippen molar-refractivity contribution >= 4 is 46.9 Å². The fourth-order valence-corrected chi connectivity index (χ4v) is 5.00. The first-order valence-electron chi connectivity index (χ1n) is 10.4. The Morgan fingerprint density at radius 2 is 2.06 bits per heavy atom. The molecule has 0 fully saturated rings. The van der Waals surface area contributed by atoms with E-state index in [2.05, 4.69) is 35.5 Å². The maximum Gasteiger partial charge on any atom is 0.286 e. The van der Waals surface area contributed by atoms with Crippen LogP contribution in [0.2, 0.25) is 0 Å². The third-order valence-corrected chi connectivity index (χ3v) is 7.21. The molecule has 3 heterocycles. The Bertz CT molecular complexity index is 1130. The molecule has 1 atom stereocenters. The molecular weight excluding hydrogens is 492 g/mol. The molecule has 0 saturated carbocycles. The SMILES string of the molecule is CC1N=CSN1NC(=O)c1nc(Sc2ncn[nH]2)ccc1Sc1ccc(OCCN(C)C)cc1. The molecule has 34 heavy (non-hydrogen) atoms. The Kier molecular flexibility index (Phi) is 8.45. The summed E-state index contributed by atoms with van der Waals surface area (Å²) < 4.78 is 7.46. The highest BCUT2D eigenvalue weighted by Crippen LogP contribution is 2.33. The summed E-state index contributed by atoms with van der Waals surface area (Å²) in [5.41, 5.74) is 4.91. The van der Waals surface area contributed by atoms with E-state index in [-0.39, 0.29) is 12.1 Å². The molecule has 1 aliphatic heterocycles. The second kappa shape index (κ2) is 11.7. The van der Waals surface area contributed by atoms with Gasteiger partial charge in [-0.05, 0) is 81.1 Å². The van der Waals surface area contributed by atoms with Crippen molar-refractivity contribution in [1.82, 2.24) is 34.9 Å².